The van der Waals surface area contributed by atoms with Crippen LogP contribution in [0.2, 0.25) is 0 Å². The van der Waals surface area contributed by atoms with E-state index in [4.69, 9.17) is 4.74 Å². The Bertz CT molecular complexity index is 686. The van der Waals surface area contributed by atoms with Crippen LogP contribution in [-0.4, -0.2) is 21.7 Å². The molecule has 0 aliphatic rings. The van der Waals surface area contributed by atoms with Gasteiger partial charge in [0.25, 0.3) is 0 Å². The SMILES string of the molecule is COc1ccc(-c2cccn3nc(C)nc23)cc1. The van der Waals surface area contributed by atoms with Gasteiger partial charge in [0.2, 0.25) is 0 Å². The molecule has 0 saturated carbocycles. The van der Waals surface area contributed by atoms with Crippen molar-refractivity contribution in [1.82, 2.24) is 14.6 Å². The number of pyridine rings is 1. The molecule has 0 N–H and O–H groups in total. The maximum absolute atomic E-state index is 5.16. The van der Waals surface area contributed by atoms with E-state index in [-0.39, 0.29) is 0 Å². The number of hydrogen-bond donors (Lipinski definition) is 0. The van der Waals surface area contributed by atoms with Gasteiger partial charge in [0.1, 0.15) is 11.6 Å². The third-order valence-electron chi connectivity index (χ3n) is 2.87. The first-order chi connectivity index (χ1) is 8.78. The molecule has 0 aliphatic heterocycles. The van der Waals surface area contributed by atoms with Gasteiger partial charge in [0.15, 0.2) is 5.65 Å². The summed E-state index contributed by atoms with van der Waals surface area (Å²) in [6.45, 7) is 1.89. The van der Waals surface area contributed by atoms with E-state index in [1.807, 2.05) is 49.5 Å². The van der Waals surface area contributed by atoms with Gasteiger partial charge in [-0.25, -0.2) is 9.50 Å². The van der Waals surface area contributed by atoms with Crippen LogP contribution < -0.4 is 4.74 Å². The van der Waals surface area contributed by atoms with E-state index in [0.717, 1.165) is 28.3 Å². The van der Waals surface area contributed by atoms with Crippen LogP contribution >= 0.6 is 0 Å². The second-order valence-corrected chi connectivity index (χ2v) is 4.08. The number of nitrogens with zero attached hydrogens (tertiary/aromatic N) is 3. The maximum atomic E-state index is 5.16. The van der Waals surface area contributed by atoms with Crippen molar-refractivity contribution in [2.45, 2.75) is 6.92 Å². The Labute approximate surface area is 105 Å². The fraction of sp³-hybridized carbons (Fsp3) is 0.143. The van der Waals surface area contributed by atoms with Gasteiger partial charge in [-0.2, -0.15) is 5.10 Å². The van der Waals surface area contributed by atoms with Crippen LogP contribution in [0.4, 0.5) is 0 Å². The summed E-state index contributed by atoms with van der Waals surface area (Å²) in [4.78, 5) is 4.45. The van der Waals surface area contributed by atoms with Crippen LogP contribution in [0.25, 0.3) is 16.8 Å². The normalized spacial score (nSPS) is 10.8. The lowest BCUT2D eigenvalue weighted by atomic mass is 10.1. The average molecular weight is 239 g/mol. The Morgan fingerprint density at radius 1 is 1.11 bits per heavy atom. The van der Waals surface area contributed by atoms with Gasteiger partial charge in [-0.05, 0) is 36.8 Å². The first-order valence-corrected chi connectivity index (χ1v) is 5.74. The van der Waals surface area contributed by atoms with Gasteiger partial charge in [0.05, 0.1) is 7.11 Å². The molecule has 0 radical (unpaired) electrons. The molecule has 1 aromatic carbocycles. The Hall–Kier alpha value is -2.36. The Kier molecular flexibility index (Phi) is 2.48. The topological polar surface area (TPSA) is 39.4 Å². The Morgan fingerprint density at radius 2 is 1.89 bits per heavy atom. The molecule has 18 heavy (non-hydrogen) atoms. The van der Waals surface area contributed by atoms with Crippen molar-refractivity contribution in [3.8, 4) is 16.9 Å². The smallest absolute Gasteiger partial charge is 0.163 e. The van der Waals surface area contributed by atoms with Gasteiger partial charge in [-0.15, -0.1) is 0 Å². The van der Waals surface area contributed by atoms with Crippen LogP contribution in [0.15, 0.2) is 42.6 Å². The lowest BCUT2D eigenvalue weighted by Gasteiger charge is -2.04. The number of aryl methyl sites for hydroxylation is 1. The Balaban J connectivity index is 2.17. The largest absolute Gasteiger partial charge is 0.497 e. The fourth-order valence-electron chi connectivity index (χ4n) is 2.01. The first-order valence-electron chi connectivity index (χ1n) is 5.74. The van der Waals surface area contributed by atoms with Gasteiger partial charge >= 0.3 is 0 Å². The molecule has 4 heteroatoms. The van der Waals surface area contributed by atoms with Gasteiger partial charge in [-0.3, -0.25) is 0 Å². The average Bonchev–Trinajstić information content (AvgIpc) is 2.79. The van der Waals surface area contributed by atoms with Gasteiger partial charge in [0, 0.05) is 11.8 Å². The van der Waals surface area contributed by atoms with Crippen LogP contribution in [0.5, 0.6) is 5.75 Å². The lowest BCUT2D eigenvalue weighted by Crippen LogP contribution is -1.89. The second-order valence-electron chi connectivity index (χ2n) is 4.08. The van der Waals surface area contributed by atoms with E-state index < -0.39 is 0 Å². The summed E-state index contributed by atoms with van der Waals surface area (Å²) in [5, 5.41) is 4.31. The van der Waals surface area contributed by atoms with E-state index >= 15 is 0 Å². The molecule has 0 spiro atoms. The van der Waals surface area contributed by atoms with Crippen LogP contribution in [-0.2, 0) is 0 Å². The van der Waals surface area contributed by atoms with Crippen molar-refractivity contribution in [1.29, 1.82) is 0 Å². The molecule has 2 heterocycles. The van der Waals surface area contributed by atoms with E-state index in [9.17, 15) is 0 Å². The molecule has 0 unspecified atom stereocenters. The number of benzene rings is 1. The highest BCUT2D eigenvalue weighted by Gasteiger charge is 2.07. The molecule has 4 nitrogen and oxygen atoms in total. The molecule has 0 fully saturated rings. The minimum atomic E-state index is 0.774. The zero-order chi connectivity index (χ0) is 12.5. The van der Waals surface area contributed by atoms with Crippen molar-refractivity contribution in [2.24, 2.45) is 0 Å². The fourth-order valence-corrected chi connectivity index (χ4v) is 2.01. The molecule has 0 amide bonds. The van der Waals surface area contributed by atoms with Crippen molar-refractivity contribution < 1.29 is 4.74 Å². The summed E-state index contributed by atoms with van der Waals surface area (Å²) in [5.41, 5.74) is 3.05. The molecule has 0 atom stereocenters. The van der Waals surface area contributed by atoms with Crippen molar-refractivity contribution in [3.63, 3.8) is 0 Å². The van der Waals surface area contributed by atoms with Crippen molar-refractivity contribution in [2.75, 3.05) is 7.11 Å². The summed E-state index contributed by atoms with van der Waals surface area (Å²) in [6.07, 6.45) is 1.91. The maximum Gasteiger partial charge on any atom is 0.163 e. The second kappa shape index (κ2) is 4.14. The number of rotatable bonds is 2. The molecule has 0 bridgehead atoms. The Morgan fingerprint density at radius 3 is 2.61 bits per heavy atom. The zero-order valence-electron chi connectivity index (χ0n) is 10.3. The molecule has 3 aromatic rings. The van der Waals surface area contributed by atoms with Gasteiger partial charge < -0.3 is 4.74 Å². The van der Waals surface area contributed by atoms with E-state index in [1.165, 1.54) is 0 Å². The zero-order valence-corrected chi connectivity index (χ0v) is 10.3. The highest BCUT2D eigenvalue weighted by molar-refractivity contribution is 5.77. The van der Waals surface area contributed by atoms with Crippen LogP contribution in [0.1, 0.15) is 5.82 Å². The number of fused-ring (bicyclic) bond motifs is 1. The molecular weight excluding hydrogens is 226 g/mol. The van der Waals surface area contributed by atoms with Crippen molar-refractivity contribution in [3.05, 3.63) is 48.4 Å². The quantitative estimate of drug-likeness (QED) is 0.690. The number of aromatic nitrogens is 3. The van der Waals surface area contributed by atoms with E-state index in [0.29, 0.717) is 0 Å². The molecule has 0 aliphatic carbocycles. The van der Waals surface area contributed by atoms with Crippen LogP contribution in [0.3, 0.4) is 0 Å². The predicted octanol–water partition coefficient (Wildman–Crippen LogP) is 2.71. The van der Waals surface area contributed by atoms with Gasteiger partial charge in [-0.1, -0.05) is 12.1 Å². The number of ether oxygens (including phenoxy) is 1. The molecule has 90 valence electrons. The lowest BCUT2D eigenvalue weighted by molar-refractivity contribution is 0.415. The third kappa shape index (κ3) is 1.72. The number of methoxy groups -OCH3 is 1. The standard InChI is InChI=1S/C14H13N3O/c1-10-15-14-13(4-3-9-17(14)16-10)11-5-7-12(18-2)8-6-11/h3-9H,1-2H3. The van der Waals surface area contributed by atoms with E-state index in [2.05, 4.69) is 10.1 Å². The minimum Gasteiger partial charge on any atom is -0.497 e. The highest BCUT2D eigenvalue weighted by Crippen LogP contribution is 2.25. The molecular formula is C14H13N3O. The van der Waals surface area contributed by atoms with Crippen molar-refractivity contribution >= 4 is 5.65 Å². The molecule has 0 saturated heterocycles. The third-order valence-corrected chi connectivity index (χ3v) is 2.87. The molecule has 2 aromatic heterocycles. The highest BCUT2D eigenvalue weighted by atomic mass is 16.5. The summed E-state index contributed by atoms with van der Waals surface area (Å²) in [5.74, 6) is 1.62. The predicted molar refractivity (Wildman–Crippen MR) is 69.7 cm³/mol. The summed E-state index contributed by atoms with van der Waals surface area (Å²) >= 11 is 0. The first kappa shape index (κ1) is 10.8. The summed E-state index contributed by atoms with van der Waals surface area (Å²) in [7, 11) is 1.66. The summed E-state index contributed by atoms with van der Waals surface area (Å²) in [6, 6.07) is 12.0. The molecule has 3 rings (SSSR count). The number of hydrogen-bond acceptors (Lipinski definition) is 3. The van der Waals surface area contributed by atoms with Crippen LogP contribution in [0, 0.1) is 6.92 Å². The summed E-state index contributed by atoms with van der Waals surface area (Å²) < 4.78 is 6.96. The minimum absolute atomic E-state index is 0.774. The monoisotopic (exact) mass is 239 g/mol. The van der Waals surface area contributed by atoms with E-state index in [1.54, 1.807) is 11.6 Å².